The lowest BCUT2D eigenvalue weighted by atomic mass is 10.2. The standard InChI is InChI=1S/C16H23N7O/c1-12-17-5-4-15(19-12)22-8-9-23-13(11-22)10-14(20-23)16(24)18-6-7-21(2)3/h4-5,10H,6-9,11H2,1-3H3,(H,18,24). The number of aromatic nitrogens is 4. The number of hydrogen-bond acceptors (Lipinski definition) is 6. The van der Waals surface area contributed by atoms with E-state index in [2.05, 4.69) is 25.3 Å². The number of nitrogens with one attached hydrogen (secondary N) is 1. The molecule has 8 heteroatoms. The molecule has 0 aromatic carbocycles. The Morgan fingerprint density at radius 1 is 1.38 bits per heavy atom. The fourth-order valence-electron chi connectivity index (χ4n) is 2.68. The van der Waals surface area contributed by atoms with Crippen molar-refractivity contribution in [3.05, 3.63) is 35.5 Å². The van der Waals surface area contributed by atoms with Crippen LogP contribution in [0, 0.1) is 6.92 Å². The minimum Gasteiger partial charge on any atom is -0.349 e. The van der Waals surface area contributed by atoms with E-state index < -0.39 is 0 Å². The molecule has 1 amide bonds. The van der Waals surface area contributed by atoms with Gasteiger partial charge in [-0.3, -0.25) is 9.48 Å². The Morgan fingerprint density at radius 3 is 2.96 bits per heavy atom. The van der Waals surface area contributed by atoms with Gasteiger partial charge >= 0.3 is 0 Å². The molecule has 128 valence electrons. The molecule has 3 heterocycles. The number of rotatable bonds is 5. The third-order valence-corrected chi connectivity index (χ3v) is 3.96. The number of anilines is 1. The van der Waals surface area contributed by atoms with Crippen molar-refractivity contribution in [2.24, 2.45) is 0 Å². The molecule has 1 aliphatic heterocycles. The van der Waals surface area contributed by atoms with Gasteiger partial charge in [-0.2, -0.15) is 5.10 Å². The highest BCUT2D eigenvalue weighted by Crippen LogP contribution is 2.19. The first-order valence-electron chi connectivity index (χ1n) is 8.07. The molecule has 0 saturated carbocycles. The normalized spacial score (nSPS) is 13.9. The average Bonchev–Trinajstić information content (AvgIpc) is 2.97. The number of hydrogen-bond donors (Lipinski definition) is 1. The van der Waals surface area contributed by atoms with E-state index >= 15 is 0 Å². The van der Waals surface area contributed by atoms with Crippen LogP contribution in [0.15, 0.2) is 18.3 Å². The highest BCUT2D eigenvalue weighted by Gasteiger charge is 2.21. The van der Waals surface area contributed by atoms with Crippen LogP contribution in [0.2, 0.25) is 0 Å². The molecular weight excluding hydrogens is 306 g/mol. The Labute approximate surface area is 141 Å². The summed E-state index contributed by atoms with van der Waals surface area (Å²) in [6.45, 7) is 5.54. The van der Waals surface area contributed by atoms with Gasteiger partial charge in [-0.1, -0.05) is 0 Å². The molecule has 0 spiro atoms. The summed E-state index contributed by atoms with van der Waals surface area (Å²) in [7, 11) is 3.95. The fourth-order valence-corrected chi connectivity index (χ4v) is 2.68. The van der Waals surface area contributed by atoms with Crippen molar-refractivity contribution < 1.29 is 4.79 Å². The van der Waals surface area contributed by atoms with Crippen LogP contribution in [-0.4, -0.2) is 64.3 Å². The van der Waals surface area contributed by atoms with Gasteiger partial charge in [-0.25, -0.2) is 9.97 Å². The van der Waals surface area contributed by atoms with E-state index in [1.165, 1.54) is 0 Å². The largest absolute Gasteiger partial charge is 0.349 e. The lowest BCUT2D eigenvalue weighted by Gasteiger charge is -2.28. The van der Waals surface area contributed by atoms with Crippen LogP contribution < -0.4 is 10.2 Å². The first-order valence-corrected chi connectivity index (χ1v) is 8.07. The van der Waals surface area contributed by atoms with E-state index in [1.807, 2.05) is 42.7 Å². The first-order chi connectivity index (χ1) is 11.5. The van der Waals surface area contributed by atoms with Gasteiger partial charge in [0.05, 0.1) is 18.8 Å². The van der Waals surface area contributed by atoms with Crippen molar-refractivity contribution in [2.75, 3.05) is 38.6 Å². The van der Waals surface area contributed by atoms with Gasteiger partial charge in [0, 0.05) is 25.8 Å². The van der Waals surface area contributed by atoms with Crippen LogP contribution in [-0.2, 0) is 13.1 Å². The van der Waals surface area contributed by atoms with E-state index in [4.69, 9.17) is 0 Å². The van der Waals surface area contributed by atoms with E-state index in [0.717, 1.165) is 37.0 Å². The number of carbonyl (C=O) groups excluding carboxylic acids is 1. The third-order valence-electron chi connectivity index (χ3n) is 3.96. The Hall–Kier alpha value is -2.48. The molecule has 8 nitrogen and oxygen atoms in total. The van der Waals surface area contributed by atoms with Gasteiger partial charge in [0.25, 0.3) is 5.91 Å². The van der Waals surface area contributed by atoms with Crippen molar-refractivity contribution in [1.82, 2.24) is 30.0 Å². The molecule has 0 aliphatic carbocycles. The number of carbonyl (C=O) groups is 1. The van der Waals surface area contributed by atoms with E-state index in [9.17, 15) is 4.79 Å². The lowest BCUT2D eigenvalue weighted by Crippen LogP contribution is -2.34. The summed E-state index contributed by atoms with van der Waals surface area (Å²) in [5, 5.41) is 7.32. The second-order valence-corrected chi connectivity index (χ2v) is 6.19. The van der Waals surface area contributed by atoms with E-state index in [0.29, 0.717) is 18.8 Å². The molecule has 0 radical (unpaired) electrons. The zero-order valence-electron chi connectivity index (χ0n) is 14.4. The zero-order valence-corrected chi connectivity index (χ0v) is 14.4. The molecule has 24 heavy (non-hydrogen) atoms. The number of aryl methyl sites for hydroxylation is 1. The number of fused-ring (bicyclic) bond motifs is 1. The zero-order chi connectivity index (χ0) is 17.1. The molecule has 3 rings (SSSR count). The van der Waals surface area contributed by atoms with Crippen LogP contribution in [0.5, 0.6) is 0 Å². The fraction of sp³-hybridized carbons (Fsp3) is 0.500. The van der Waals surface area contributed by atoms with Crippen molar-refractivity contribution in [3.63, 3.8) is 0 Å². The van der Waals surface area contributed by atoms with Gasteiger partial charge < -0.3 is 15.1 Å². The molecule has 2 aromatic rings. The molecule has 0 fully saturated rings. The van der Waals surface area contributed by atoms with Gasteiger partial charge in [0.2, 0.25) is 0 Å². The highest BCUT2D eigenvalue weighted by molar-refractivity contribution is 5.92. The molecular formula is C16H23N7O. The van der Waals surface area contributed by atoms with Gasteiger partial charge in [-0.15, -0.1) is 0 Å². The van der Waals surface area contributed by atoms with Crippen molar-refractivity contribution in [1.29, 1.82) is 0 Å². The second kappa shape index (κ2) is 6.96. The molecule has 1 aliphatic rings. The Balaban J connectivity index is 1.67. The maximum Gasteiger partial charge on any atom is 0.271 e. The monoisotopic (exact) mass is 329 g/mol. The summed E-state index contributed by atoms with van der Waals surface area (Å²) in [6.07, 6.45) is 1.77. The summed E-state index contributed by atoms with van der Waals surface area (Å²) >= 11 is 0. The summed E-state index contributed by atoms with van der Waals surface area (Å²) < 4.78 is 1.91. The molecule has 0 saturated heterocycles. The van der Waals surface area contributed by atoms with Crippen molar-refractivity contribution in [2.45, 2.75) is 20.0 Å². The summed E-state index contributed by atoms with van der Waals surface area (Å²) in [5.74, 6) is 1.54. The summed E-state index contributed by atoms with van der Waals surface area (Å²) in [5.41, 5.74) is 1.50. The second-order valence-electron chi connectivity index (χ2n) is 6.19. The average molecular weight is 329 g/mol. The number of amides is 1. The van der Waals surface area contributed by atoms with E-state index in [-0.39, 0.29) is 5.91 Å². The summed E-state index contributed by atoms with van der Waals surface area (Å²) in [6, 6.07) is 3.78. The predicted molar refractivity (Wildman–Crippen MR) is 90.9 cm³/mol. The molecule has 2 aromatic heterocycles. The molecule has 1 N–H and O–H groups in total. The van der Waals surface area contributed by atoms with Crippen LogP contribution >= 0.6 is 0 Å². The van der Waals surface area contributed by atoms with Crippen LogP contribution in [0.1, 0.15) is 22.0 Å². The Morgan fingerprint density at radius 2 is 2.21 bits per heavy atom. The number of likely N-dealkylation sites (N-methyl/N-ethyl adjacent to an activating group) is 1. The third kappa shape index (κ3) is 3.70. The van der Waals surface area contributed by atoms with Crippen molar-refractivity contribution >= 4 is 11.7 Å². The van der Waals surface area contributed by atoms with Crippen LogP contribution in [0.3, 0.4) is 0 Å². The number of nitrogens with zero attached hydrogens (tertiary/aromatic N) is 6. The highest BCUT2D eigenvalue weighted by atomic mass is 16.1. The maximum absolute atomic E-state index is 12.2. The smallest absolute Gasteiger partial charge is 0.271 e. The molecule has 0 bridgehead atoms. The minimum absolute atomic E-state index is 0.122. The van der Waals surface area contributed by atoms with Gasteiger partial charge in [0.15, 0.2) is 5.69 Å². The molecule has 0 atom stereocenters. The maximum atomic E-state index is 12.2. The van der Waals surface area contributed by atoms with Crippen LogP contribution in [0.25, 0.3) is 0 Å². The Bertz CT molecular complexity index is 725. The van der Waals surface area contributed by atoms with Crippen molar-refractivity contribution in [3.8, 4) is 0 Å². The topological polar surface area (TPSA) is 79.2 Å². The quantitative estimate of drug-likeness (QED) is 0.850. The van der Waals surface area contributed by atoms with Gasteiger partial charge in [-0.05, 0) is 33.2 Å². The predicted octanol–water partition coefficient (Wildman–Crippen LogP) is 0.293. The first kappa shape index (κ1) is 16.4. The minimum atomic E-state index is -0.122. The summed E-state index contributed by atoms with van der Waals surface area (Å²) in [4.78, 5) is 25.0. The SMILES string of the molecule is Cc1nccc(N2CCn3nc(C(=O)NCCN(C)C)cc3C2)n1. The van der Waals surface area contributed by atoms with Gasteiger partial charge in [0.1, 0.15) is 11.6 Å². The molecule has 0 unspecified atom stereocenters. The lowest BCUT2D eigenvalue weighted by molar-refractivity contribution is 0.0945. The van der Waals surface area contributed by atoms with Crippen LogP contribution in [0.4, 0.5) is 5.82 Å². The van der Waals surface area contributed by atoms with E-state index in [1.54, 1.807) is 6.20 Å². The Kier molecular flexibility index (Phi) is 4.75.